The molecule has 0 aromatic heterocycles. The van der Waals surface area contributed by atoms with Crippen LogP contribution < -0.4 is 5.73 Å². The van der Waals surface area contributed by atoms with Crippen molar-refractivity contribution in [2.45, 2.75) is 18.7 Å². The maximum absolute atomic E-state index is 13.3. The molecule has 1 atom stereocenters. The maximum Gasteiger partial charge on any atom is 0.156 e. The van der Waals surface area contributed by atoms with E-state index in [-0.39, 0.29) is 17.1 Å². The lowest BCUT2D eigenvalue weighted by molar-refractivity contribution is 0.582. The molecule has 1 aromatic rings. The highest BCUT2D eigenvalue weighted by molar-refractivity contribution is 9.10. The molecule has 0 aliphatic carbocycles. The quantitative estimate of drug-likeness (QED) is 0.923. The SMILES string of the molecule is CC(N)CS(=O)(=O)Cc1cc(Br)ccc1F. The van der Waals surface area contributed by atoms with E-state index in [1.807, 2.05) is 0 Å². The summed E-state index contributed by atoms with van der Waals surface area (Å²) in [5.74, 6) is -0.977. The average Bonchev–Trinajstić information content (AvgIpc) is 2.08. The summed E-state index contributed by atoms with van der Waals surface area (Å²) in [6.45, 7) is 1.61. The molecule has 2 N–H and O–H groups in total. The summed E-state index contributed by atoms with van der Waals surface area (Å²) in [5, 5.41) is 0. The van der Waals surface area contributed by atoms with Crippen LogP contribution in [-0.4, -0.2) is 20.2 Å². The zero-order chi connectivity index (χ0) is 12.3. The van der Waals surface area contributed by atoms with Gasteiger partial charge in [0.15, 0.2) is 9.84 Å². The van der Waals surface area contributed by atoms with Gasteiger partial charge in [0, 0.05) is 16.1 Å². The van der Waals surface area contributed by atoms with Crippen molar-refractivity contribution < 1.29 is 12.8 Å². The van der Waals surface area contributed by atoms with Gasteiger partial charge in [-0.2, -0.15) is 0 Å². The first-order valence-electron chi connectivity index (χ1n) is 4.70. The molecule has 1 aromatic carbocycles. The summed E-state index contributed by atoms with van der Waals surface area (Å²) in [4.78, 5) is 0. The zero-order valence-corrected chi connectivity index (χ0v) is 11.2. The molecule has 0 heterocycles. The minimum atomic E-state index is -3.36. The third kappa shape index (κ3) is 4.19. The van der Waals surface area contributed by atoms with E-state index in [0.29, 0.717) is 4.47 Å². The minimum absolute atomic E-state index is 0.140. The van der Waals surface area contributed by atoms with Crippen LogP contribution in [-0.2, 0) is 15.6 Å². The standard InChI is InChI=1S/C10H13BrFNO2S/c1-7(13)5-16(14,15)6-8-4-9(11)2-3-10(8)12/h2-4,7H,5-6,13H2,1H3. The van der Waals surface area contributed by atoms with Gasteiger partial charge in [-0.1, -0.05) is 15.9 Å². The van der Waals surface area contributed by atoms with Crippen LogP contribution in [0.4, 0.5) is 4.39 Å². The Labute approximate surface area is 103 Å². The van der Waals surface area contributed by atoms with Crippen LogP contribution in [0, 0.1) is 5.82 Å². The summed E-state index contributed by atoms with van der Waals surface area (Å²) in [5.41, 5.74) is 5.58. The number of sulfone groups is 1. The molecule has 0 saturated heterocycles. The highest BCUT2D eigenvalue weighted by atomic mass is 79.9. The number of benzene rings is 1. The monoisotopic (exact) mass is 309 g/mol. The molecule has 0 bridgehead atoms. The smallest absolute Gasteiger partial charge is 0.156 e. The molecule has 0 spiro atoms. The fourth-order valence-electron chi connectivity index (χ4n) is 1.35. The van der Waals surface area contributed by atoms with Gasteiger partial charge in [-0.15, -0.1) is 0 Å². The van der Waals surface area contributed by atoms with Gasteiger partial charge in [-0.3, -0.25) is 0 Å². The number of hydrogen-bond acceptors (Lipinski definition) is 3. The van der Waals surface area contributed by atoms with Crippen LogP contribution in [0.5, 0.6) is 0 Å². The molecule has 0 aliphatic heterocycles. The van der Waals surface area contributed by atoms with E-state index in [9.17, 15) is 12.8 Å². The molecule has 0 saturated carbocycles. The molecule has 1 rings (SSSR count). The molecule has 90 valence electrons. The number of rotatable bonds is 4. The summed E-state index contributed by atoms with van der Waals surface area (Å²) in [6, 6.07) is 3.78. The van der Waals surface area contributed by atoms with Gasteiger partial charge >= 0.3 is 0 Å². The zero-order valence-electron chi connectivity index (χ0n) is 8.78. The highest BCUT2D eigenvalue weighted by Gasteiger charge is 2.16. The van der Waals surface area contributed by atoms with Crippen LogP contribution in [0.25, 0.3) is 0 Å². The Morgan fingerprint density at radius 3 is 2.69 bits per heavy atom. The number of hydrogen-bond donors (Lipinski definition) is 1. The second kappa shape index (κ2) is 5.25. The fourth-order valence-corrected chi connectivity index (χ4v) is 3.37. The van der Waals surface area contributed by atoms with E-state index >= 15 is 0 Å². The van der Waals surface area contributed by atoms with E-state index < -0.39 is 21.7 Å². The van der Waals surface area contributed by atoms with Crippen LogP contribution in [0.2, 0.25) is 0 Å². The Hall–Kier alpha value is -0.460. The van der Waals surface area contributed by atoms with Gasteiger partial charge < -0.3 is 5.73 Å². The van der Waals surface area contributed by atoms with E-state index in [1.165, 1.54) is 18.2 Å². The minimum Gasteiger partial charge on any atom is -0.327 e. The Bertz CT molecular complexity index is 474. The number of halogens is 2. The largest absolute Gasteiger partial charge is 0.327 e. The van der Waals surface area contributed by atoms with Gasteiger partial charge in [-0.25, -0.2) is 12.8 Å². The van der Waals surface area contributed by atoms with Crippen LogP contribution >= 0.6 is 15.9 Å². The van der Waals surface area contributed by atoms with Gasteiger partial charge in [-0.05, 0) is 25.1 Å². The van der Waals surface area contributed by atoms with E-state index in [4.69, 9.17) is 5.73 Å². The van der Waals surface area contributed by atoms with Crippen LogP contribution in [0.3, 0.4) is 0 Å². The maximum atomic E-state index is 13.3. The van der Waals surface area contributed by atoms with Gasteiger partial charge in [0.1, 0.15) is 5.82 Å². The second-order valence-corrected chi connectivity index (χ2v) is 6.79. The molecule has 6 heteroatoms. The summed E-state index contributed by atoms with van der Waals surface area (Å²) >= 11 is 3.17. The molecular weight excluding hydrogens is 297 g/mol. The van der Waals surface area contributed by atoms with Crippen LogP contribution in [0.1, 0.15) is 12.5 Å². The Kier molecular flexibility index (Phi) is 4.46. The lowest BCUT2D eigenvalue weighted by Gasteiger charge is -2.08. The van der Waals surface area contributed by atoms with Crippen molar-refractivity contribution in [1.82, 2.24) is 0 Å². The van der Waals surface area contributed by atoms with Crippen molar-refractivity contribution in [3.8, 4) is 0 Å². The predicted octanol–water partition coefficient (Wildman–Crippen LogP) is 1.85. The van der Waals surface area contributed by atoms with Crippen molar-refractivity contribution in [3.05, 3.63) is 34.1 Å². The van der Waals surface area contributed by atoms with Crippen molar-refractivity contribution >= 4 is 25.8 Å². The Morgan fingerprint density at radius 1 is 1.50 bits per heavy atom. The third-order valence-corrected chi connectivity index (χ3v) is 4.18. The van der Waals surface area contributed by atoms with Gasteiger partial charge in [0.25, 0.3) is 0 Å². The predicted molar refractivity (Wildman–Crippen MR) is 65.2 cm³/mol. The highest BCUT2D eigenvalue weighted by Crippen LogP contribution is 2.18. The van der Waals surface area contributed by atoms with Crippen molar-refractivity contribution in [3.63, 3.8) is 0 Å². The summed E-state index contributed by atoms with van der Waals surface area (Å²) in [7, 11) is -3.36. The Balaban J connectivity index is 2.92. The summed E-state index contributed by atoms with van der Waals surface area (Å²) < 4.78 is 37.2. The van der Waals surface area contributed by atoms with E-state index in [2.05, 4.69) is 15.9 Å². The number of nitrogens with two attached hydrogens (primary N) is 1. The second-order valence-electron chi connectivity index (χ2n) is 3.77. The molecule has 0 radical (unpaired) electrons. The average molecular weight is 310 g/mol. The normalized spacial score (nSPS) is 13.8. The van der Waals surface area contributed by atoms with E-state index in [0.717, 1.165) is 0 Å². The van der Waals surface area contributed by atoms with Crippen molar-refractivity contribution in [2.75, 3.05) is 5.75 Å². The molecule has 1 unspecified atom stereocenters. The molecular formula is C10H13BrFNO2S. The third-order valence-electron chi connectivity index (χ3n) is 1.90. The van der Waals surface area contributed by atoms with Gasteiger partial charge in [0.2, 0.25) is 0 Å². The molecule has 0 fully saturated rings. The molecule has 0 aliphatic rings. The first kappa shape index (κ1) is 13.6. The Morgan fingerprint density at radius 2 is 2.12 bits per heavy atom. The lowest BCUT2D eigenvalue weighted by Crippen LogP contribution is -2.27. The topological polar surface area (TPSA) is 60.2 Å². The molecule has 0 amide bonds. The summed E-state index contributed by atoms with van der Waals surface area (Å²) in [6.07, 6.45) is 0. The lowest BCUT2D eigenvalue weighted by atomic mass is 10.2. The fraction of sp³-hybridized carbons (Fsp3) is 0.400. The molecule has 16 heavy (non-hydrogen) atoms. The van der Waals surface area contributed by atoms with Gasteiger partial charge in [0.05, 0.1) is 11.5 Å². The molecule has 3 nitrogen and oxygen atoms in total. The van der Waals surface area contributed by atoms with Crippen molar-refractivity contribution in [2.24, 2.45) is 5.73 Å². The first-order chi connectivity index (χ1) is 7.30. The van der Waals surface area contributed by atoms with Crippen molar-refractivity contribution in [1.29, 1.82) is 0 Å². The van der Waals surface area contributed by atoms with E-state index in [1.54, 1.807) is 6.92 Å². The first-order valence-corrected chi connectivity index (χ1v) is 7.31. The van der Waals surface area contributed by atoms with Crippen LogP contribution in [0.15, 0.2) is 22.7 Å².